The first kappa shape index (κ1) is 40.0. The number of nitrogens with one attached hydrogen (secondary N) is 3. The van der Waals surface area contributed by atoms with Crippen molar-refractivity contribution in [2.75, 3.05) is 76.5 Å². The number of likely N-dealkylation sites (N-methyl/N-ethyl adjacent to an activating group) is 1. The fourth-order valence-electron chi connectivity index (χ4n) is 7.37. The van der Waals surface area contributed by atoms with Crippen LogP contribution in [0.3, 0.4) is 0 Å². The van der Waals surface area contributed by atoms with Crippen LogP contribution in [0, 0.1) is 5.92 Å². The van der Waals surface area contributed by atoms with E-state index in [-0.39, 0.29) is 16.2 Å². The van der Waals surface area contributed by atoms with Crippen LogP contribution in [0.5, 0.6) is 0 Å². The maximum atomic E-state index is 5.76. The van der Waals surface area contributed by atoms with E-state index in [1.807, 2.05) is 6.20 Å². The Kier molecular flexibility index (Phi) is 13.0. The summed E-state index contributed by atoms with van der Waals surface area (Å²) >= 11 is 0. The van der Waals surface area contributed by atoms with E-state index in [4.69, 9.17) is 14.7 Å². The Bertz CT molecular complexity index is 1600. The first-order chi connectivity index (χ1) is 24.5. The molecule has 2 aromatic heterocycles. The zero-order chi connectivity index (χ0) is 37.7. The van der Waals surface area contributed by atoms with Crippen LogP contribution in [0.4, 0.5) is 17.3 Å². The molecule has 0 aliphatic carbocycles. The molecule has 0 bridgehead atoms. The van der Waals surface area contributed by atoms with E-state index in [2.05, 4.69) is 145 Å². The lowest BCUT2D eigenvalue weighted by Crippen LogP contribution is -2.36. The predicted molar refractivity (Wildman–Crippen MR) is 221 cm³/mol. The van der Waals surface area contributed by atoms with Crippen molar-refractivity contribution < 1.29 is 4.74 Å². The van der Waals surface area contributed by atoms with Crippen molar-refractivity contribution in [2.24, 2.45) is 5.92 Å². The van der Waals surface area contributed by atoms with Gasteiger partial charge in [-0.25, -0.2) is 9.97 Å². The van der Waals surface area contributed by atoms with E-state index in [9.17, 15) is 0 Å². The Morgan fingerprint density at radius 1 is 0.827 bits per heavy atom. The van der Waals surface area contributed by atoms with Crippen LogP contribution in [0.25, 0.3) is 11.3 Å². The van der Waals surface area contributed by atoms with Gasteiger partial charge in [0.05, 0.1) is 12.3 Å². The van der Waals surface area contributed by atoms with E-state index in [0.717, 1.165) is 94.4 Å². The molecule has 1 unspecified atom stereocenters. The summed E-state index contributed by atoms with van der Waals surface area (Å²) in [5.74, 6) is 2.40. The number of pyridine rings is 2. The van der Waals surface area contributed by atoms with Crippen molar-refractivity contribution in [3.63, 3.8) is 0 Å². The van der Waals surface area contributed by atoms with Crippen molar-refractivity contribution in [1.29, 1.82) is 0 Å². The fraction of sp³-hybridized carbons (Fsp3) is 0.636. The minimum atomic E-state index is -0.0740. The van der Waals surface area contributed by atoms with Gasteiger partial charge >= 0.3 is 0 Å². The highest BCUT2D eigenvalue weighted by Crippen LogP contribution is 2.39. The highest BCUT2D eigenvalue weighted by molar-refractivity contribution is 5.70. The van der Waals surface area contributed by atoms with Gasteiger partial charge in [0.15, 0.2) is 0 Å². The molecule has 3 aromatic rings. The Hall–Kier alpha value is -3.20. The summed E-state index contributed by atoms with van der Waals surface area (Å²) in [5, 5.41) is 11.3. The van der Waals surface area contributed by atoms with Crippen molar-refractivity contribution >= 4 is 17.3 Å². The normalized spacial score (nSPS) is 19.5. The molecule has 52 heavy (non-hydrogen) atoms. The molecular weight excluding hydrogens is 643 g/mol. The summed E-state index contributed by atoms with van der Waals surface area (Å²) in [7, 11) is 6.44. The zero-order valence-electron chi connectivity index (χ0n) is 34.3. The summed E-state index contributed by atoms with van der Waals surface area (Å²) in [6.07, 6.45) is 7.41. The van der Waals surface area contributed by atoms with Gasteiger partial charge in [0, 0.05) is 49.2 Å². The van der Waals surface area contributed by atoms with Crippen LogP contribution < -0.4 is 16.0 Å². The van der Waals surface area contributed by atoms with E-state index < -0.39 is 0 Å². The molecule has 5 rings (SSSR count). The van der Waals surface area contributed by atoms with Gasteiger partial charge in [0.25, 0.3) is 0 Å². The van der Waals surface area contributed by atoms with E-state index in [1.165, 1.54) is 22.4 Å². The monoisotopic (exact) mass is 712 g/mol. The highest BCUT2D eigenvalue weighted by Gasteiger charge is 2.30. The first-order valence-electron chi connectivity index (χ1n) is 19.8. The number of ether oxygens (including phenoxy) is 1. The molecule has 0 spiro atoms. The molecule has 2 aliphatic heterocycles. The molecular formula is C44H69N7O. The Balaban J connectivity index is 1.42. The Morgan fingerprint density at radius 2 is 1.52 bits per heavy atom. The quantitative estimate of drug-likeness (QED) is 0.153. The Labute approximate surface area is 315 Å². The average Bonchev–Trinajstić information content (AvgIpc) is 3.09. The number of nitrogens with zero attached hydrogens (tertiary/aromatic N) is 4. The second-order valence-electron chi connectivity index (χ2n) is 18.4. The van der Waals surface area contributed by atoms with Crippen molar-refractivity contribution in [3.8, 4) is 11.3 Å². The molecule has 2 aliphatic rings. The lowest BCUT2D eigenvalue weighted by molar-refractivity contribution is 0.0538. The highest BCUT2D eigenvalue weighted by atomic mass is 16.5. The molecule has 1 aromatic carbocycles. The number of hydrogen-bond acceptors (Lipinski definition) is 8. The van der Waals surface area contributed by atoms with Crippen LogP contribution in [-0.2, 0) is 21.0 Å². The van der Waals surface area contributed by atoms with Gasteiger partial charge in [-0.1, -0.05) is 55.4 Å². The maximum absolute atomic E-state index is 5.76. The summed E-state index contributed by atoms with van der Waals surface area (Å²) in [6.45, 7) is 24.4. The summed E-state index contributed by atoms with van der Waals surface area (Å²) in [5.41, 5.74) is 7.22. The molecule has 2 atom stereocenters. The third-order valence-corrected chi connectivity index (χ3v) is 11.5. The van der Waals surface area contributed by atoms with Crippen LogP contribution in [-0.4, -0.2) is 92.4 Å². The molecule has 2 saturated heterocycles. The van der Waals surface area contributed by atoms with Crippen LogP contribution in [0.2, 0.25) is 0 Å². The second kappa shape index (κ2) is 16.9. The zero-order valence-corrected chi connectivity index (χ0v) is 34.3. The lowest BCUT2D eigenvalue weighted by atomic mass is 9.73. The molecule has 8 heteroatoms. The number of rotatable bonds is 14. The summed E-state index contributed by atoms with van der Waals surface area (Å²) in [6, 6.07) is 17.0. The molecule has 0 saturated carbocycles. The third-order valence-electron chi connectivity index (χ3n) is 11.5. The SMILES string of the molecule is C[C@H]1COCCC1Nc1cc(-c2cc(C(C)(C)CCC(C)(C)c3ccnc(NC4CCN(C)CC4)c3)cc(NCCN(C)C)n2)cc(C(C)(C)C)c1. The van der Waals surface area contributed by atoms with Crippen molar-refractivity contribution in [2.45, 2.75) is 116 Å². The Morgan fingerprint density at radius 3 is 2.19 bits per heavy atom. The molecule has 0 radical (unpaired) electrons. The number of benzene rings is 1. The number of aromatic nitrogens is 2. The maximum Gasteiger partial charge on any atom is 0.126 e. The molecule has 286 valence electrons. The summed E-state index contributed by atoms with van der Waals surface area (Å²) in [4.78, 5) is 14.6. The first-order valence-corrected chi connectivity index (χ1v) is 19.8. The van der Waals surface area contributed by atoms with E-state index in [0.29, 0.717) is 18.0 Å². The van der Waals surface area contributed by atoms with Gasteiger partial charge in [0.1, 0.15) is 11.6 Å². The van der Waals surface area contributed by atoms with Gasteiger partial charge in [-0.2, -0.15) is 0 Å². The van der Waals surface area contributed by atoms with Gasteiger partial charge in [-0.05, 0) is 148 Å². The minimum absolute atomic E-state index is 0.00154. The summed E-state index contributed by atoms with van der Waals surface area (Å²) < 4.78 is 5.76. The smallest absolute Gasteiger partial charge is 0.126 e. The van der Waals surface area contributed by atoms with Crippen LogP contribution >= 0.6 is 0 Å². The van der Waals surface area contributed by atoms with Crippen molar-refractivity contribution in [3.05, 3.63) is 65.4 Å². The number of hydrogen-bond donors (Lipinski definition) is 3. The number of likely N-dealkylation sites (tertiary alicyclic amines) is 1. The van der Waals surface area contributed by atoms with Gasteiger partial charge in [-0.15, -0.1) is 0 Å². The molecule has 2 fully saturated rings. The van der Waals surface area contributed by atoms with Gasteiger partial charge in [-0.3, -0.25) is 0 Å². The standard InChI is InChI=1S/C44H69N7O/c1-31-30-52-23-15-38(31)47-37-25-32(24-34(26-37)42(2,3)4)39-27-35(29-41(49-39)46-19-22-50(9)10)44(7,8)17-16-43(5,6)33-12-18-45-40(28-33)48-36-13-20-51(11)21-14-36/h12,18,24-29,31,36,38,47H,13-17,19-23,30H2,1-11H3,(H,45,48)(H,46,49)/t31-,38?/m0/s1. The predicted octanol–water partition coefficient (Wildman–Crippen LogP) is 8.79. The topological polar surface area (TPSA) is 77.6 Å². The molecule has 8 nitrogen and oxygen atoms in total. The number of anilines is 3. The van der Waals surface area contributed by atoms with Crippen LogP contribution in [0.15, 0.2) is 48.7 Å². The average molecular weight is 712 g/mol. The largest absolute Gasteiger partial charge is 0.382 e. The van der Waals surface area contributed by atoms with Crippen molar-refractivity contribution in [1.82, 2.24) is 19.8 Å². The molecule has 4 heterocycles. The minimum Gasteiger partial charge on any atom is -0.382 e. The van der Waals surface area contributed by atoms with Gasteiger partial charge < -0.3 is 30.5 Å². The second-order valence-corrected chi connectivity index (χ2v) is 18.4. The van der Waals surface area contributed by atoms with Gasteiger partial charge in [0.2, 0.25) is 0 Å². The molecule has 3 N–H and O–H groups in total. The lowest BCUT2D eigenvalue weighted by Gasteiger charge is -2.33. The molecule has 0 amide bonds. The fourth-order valence-corrected chi connectivity index (χ4v) is 7.37. The van der Waals surface area contributed by atoms with E-state index >= 15 is 0 Å². The third kappa shape index (κ3) is 10.9. The van der Waals surface area contributed by atoms with E-state index in [1.54, 1.807) is 0 Å². The number of piperidine rings is 1. The van der Waals surface area contributed by atoms with Crippen LogP contribution in [0.1, 0.15) is 104 Å².